The minimum atomic E-state index is 0.558. The van der Waals surface area contributed by atoms with Crippen LogP contribution in [0.2, 0.25) is 5.02 Å². The summed E-state index contributed by atoms with van der Waals surface area (Å²) < 4.78 is 5.71. The third-order valence-corrected chi connectivity index (χ3v) is 3.29. The second kappa shape index (κ2) is 6.08. The highest BCUT2D eigenvalue weighted by molar-refractivity contribution is 9.08. The standard InChI is InChI=1S/C14H12BrClO/c15-9-12-8-13(16)7-6-11(12)10-17-14-4-2-1-3-5-14/h1-8H,9-10H2. The van der Waals surface area contributed by atoms with Gasteiger partial charge in [0, 0.05) is 10.4 Å². The Hall–Kier alpha value is -0.990. The molecule has 0 spiro atoms. The van der Waals surface area contributed by atoms with Crippen LogP contribution in [0.5, 0.6) is 5.75 Å². The lowest BCUT2D eigenvalue weighted by Gasteiger charge is -2.09. The zero-order valence-electron chi connectivity index (χ0n) is 9.20. The average molecular weight is 312 g/mol. The number of benzene rings is 2. The van der Waals surface area contributed by atoms with Crippen LogP contribution in [0.4, 0.5) is 0 Å². The van der Waals surface area contributed by atoms with E-state index < -0.39 is 0 Å². The highest BCUT2D eigenvalue weighted by Crippen LogP contribution is 2.20. The van der Waals surface area contributed by atoms with Crippen molar-refractivity contribution < 1.29 is 4.74 Å². The van der Waals surface area contributed by atoms with Crippen LogP contribution in [-0.4, -0.2) is 0 Å². The third-order valence-electron chi connectivity index (χ3n) is 2.45. The fraction of sp³-hybridized carbons (Fsp3) is 0.143. The number of alkyl halides is 1. The molecule has 0 saturated heterocycles. The molecule has 0 aromatic heterocycles. The molecule has 0 bridgehead atoms. The molecule has 0 N–H and O–H groups in total. The number of rotatable bonds is 4. The van der Waals surface area contributed by atoms with Gasteiger partial charge in [-0.3, -0.25) is 0 Å². The predicted octanol–water partition coefficient (Wildman–Crippen LogP) is 4.81. The van der Waals surface area contributed by atoms with E-state index in [1.165, 1.54) is 0 Å². The summed E-state index contributed by atoms with van der Waals surface area (Å²) in [7, 11) is 0. The first-order valence-electron chi connectivity index (χ1n) is 5.30. The molecule has 0 saturated carbocycles. The van der Waals surface area contributed by atoms with E-state index in [0.29, 0.717) is 6.61 Å². The van der Waals surface area contributed by atoms with Crippen molar-refractivity contribution >= 4 is 27.5 Å². The number of para-hydroxylation sites is 1. The summed E-state index contributed by atoms with van der Waals surface area (Å²) in [6, 6.07) is 15.6. The lowest BCUT2D eigenvalue weighted by atomic mass is 10.1. The average Bonchev–Trinajstić information content (AvgIpc) is 2.38. The summed E-state index contributed by atoms with van der Waals surface area (Å²) in [5.74, 6) is 0.878. The lowest BCUT2D eigenvalue weighted by molar-refractivity contribution is 0.305. The maximum Gasteiger partial charge on any atom is 0.119 e. The van der Waals surface area contributed by atoms with Gasteiger partial charge < -0.3 is 4.74 Å². The quantitative estimate of drug-likeness (QED) is 0.736. The van der Waals surface area contributed by atoms with Crippen LogP contribution < -0.4 is 4.74 Å². The molecular formula is C14H12BrClO. The molecule has 17 heavy (non-hydrogen) atoms. The number of halogens is 2. The van der Waals surface area contributed by atoms with Crippen LogP contribution in [0.1, 0.15) is 11.1 Å². The normalized spacial score (nSPS) is 10.2. The maximum absolute atomic E-state index is 5.95. The Morgan fingerprint density at radius 3 is 2.47 bits per heavy atom. The minimum Gasteiger partial charge on any atom is -0.489 e. The van der Waals surface area contributed by atoms with E-state index in [-0.39, 0.29) is 0 Å². The molecule has 0 atom stereocenters. The molecule has 0 unspecified atom stereocenters. The molecule has 2 rings (SSSR count). The molecule has 3 heteroatoms. The van der Waals surface area contributed by atoms with Crippen LogP contribution in [0.3, 0.4) is 0 Å². The van der Waals surface area contributed by atoms with E-state index in [1.807, 2.05) is 48.5 Å². The Labute approximate surface area is 115 Å². The SMILES string of the molecule is Clc1ccc(COc2ccccc2)c(CBr)c1. The zero-order valence-corrected chi connectivity index (χ0v) is 11.5. The Morgan fingerprint density at radius 1 is 1.00 bits per heavy atom. The van der Waals surface area contributed by atoms with Gasteiger partial charge in [0.25, 0.3) is 0 Å². The minimum absolute atomic E-state index is 0.558. The summed E-state index contributed by atoms with van der Waals surface area (Å²) in [4.78, 5) is 0. The molecular weight excluding hydrogens is 300 g/mol. The van der Waals surface area contributed by atoms with Gasteiger partial charge in [-0.2, -0.15) is 0 Å². The van der Waals surface area contributed by atoms with Crippen molar-refractivity contribution in [2.45, 2.75) is 11.9 Å². The second-order valence-electron chi connectivity index (χ2n) is 3.65. The van der Waals surface area contributed by atoms with E-state index in [2.05, 4.69) is 15.9 Å². The maximum atomic E-state index is 5.95. The predicted molar refractivity (Wildman–Crippen MR) is 74.9 cm³/mol. The number of ether oxygens (including phenoxy) is 1. The van der Waals surface area contributed by atoms with Crippen LogP contribution >= 0.6 is 27.5 Å². The third kappa shape index (κ3) is 3.48. The molecule has 88 valence electrons. The monoisotopic (exact) mass is 310 g/mol. The first-order chi connectivity index (χ1) is 8.29. The van der Waals surface area contributed by atoms with Crippen LogP contribution in [0.15, 0.2) is 48.5 Å². The van der Waals surface area contributed by atoms with Gasteiger partial charge in [-0.15, -0.1) is 0 Å². The van der Waals surface area contributed by atoms with E-state index >= 15 is 0 Å². The van der Waals surface area contributed by atoms with Gasteiger partial charge in [-0.25, -0.2) is 0 Å². The Bertz CT molecular complexity index is 485. The first kappa shape index (κ1) is 12.5. The molecule has 0 fully saturated rings. The molecule has 0 aliphatic heterocycles. The molecule has 0 heterocycles. The summed E-state index contributed by atoms with van der Waals surface area (Å²) >= 11 is 9.41. The molecule has 2 aromatic carbocycles. The Kier molecular flexibility index (Phi) is 4.46. The van der Waals surface area contributed by atoms with Crippen molar-refractivity contribution in [1.82, 2.24) is 0 Å². The van der Waals surface area contributed by atoms with Crippen LogP contribution in [-0.2, 0) is 11.9 Å². The fourth-order valence-corrected chi connectivity index (χ4v) is 2.25. The topological polar surface area (TPSA) is 9.23 Å². The van der Waals surface area contributed by atoms with Crippen LogP contribution in [0, 0.1) is 0 Å². The zero-order chi connectivity index (χ0) is 12.1. The Balaban J connectivity index is 2.09. The number of hydrogen-bond acceptors (Lipinski definition) is 1. The van der Waals surface area contributed by atoms with Crippen molar-refractivity contribution in [3.05, 3.63) is 64.7 Å². The largest absolute Gasteiger partial charge is 0.489 e. The summed E-state index contributed by atoms with van der Waals surface area (Å²) in [5, 5.41) is 1.53. The summed E-state index contributed by atoms with van der Waals surface area (Å²) in [5.41, 5.74) is 2.31. The molecule has 1 nitrogen and oxygen atoms in total. The van der Waals surface area contributed by atoms with Crippen LogP contribution in [0.25, 0.3) is 0 Å². The van der Waals surface area contributed by atoms with Crippen molar-refractivity contribution in [2.75, 3.05) is 0 Å². The molecule has 2 aromatic rings. The van der Waals surface area contributed by atoms with Gasteiger partial charge >= 0.3 is 0 Å². The van der Waals surface area contributed by atoms with Crippen molar-refractivity contribution in [3.8, 4) is 5.75 Å². The van der Waals surface area contributed by atoms with Gasteiger partial charge in [0.05, 0.1) is 0 Å². The van der Waals surface area contributed by atoms with E-state index in [0.717, 1.165) is 27.2 Å². The van der Waals surface area contributed by atoms with Crippen molar-refractivity contribution in [2.24, 2.45) is 0 Å². The van der Waals surface area contributed by atoms with Gasteiger partial charge in [-0.1, -0.05) is 51.8 Å². The van der Waals surface area contributed by atoms with Gasteiger partial charge in [0.15, 0.2) is 0 Å². The van der Waals surface area contributed by atoms with E-state index in [4.69, 9.17) is 16.3 Å². The van der Waals surface area contributed by atoms with Gasteiger partial charge in [0.1, 0.15) is 12.4 Å². The molecule has 0 aliphatic rings. The summed E-state index contributed by atoms with van der Waals surface area (Å²) in [6.45, 7) is 0.558. The highest BCUT2D eigenvalue weighted by atomic mass is 79.9. The molecule has 0 aliphatic carbocycles. The molecule has 0 amide bonds. The van der Waals surface area contributed by atoms with E-state index in [1.54, 1.807) is 0 Å². The van der Waals surface area contributed by atoms with Crippen molar-refractivity contribution in [3.63, 3.8) is 0 Å². The highest BCUT2D eigenvalue weighted by Gasteiger charge is 2.03. The van der Waals surface area contributed by atoms with E-state index in [9.17, 15) is 0 Å². The first-order valence-corrected chi connectivity index (χ1v) is 6.80. The van der Waals surface area contributed by atoms with Crippen molar-refractivity contribution in [1.29, 1.82) is 0 Å². The second-order valence-corrected chi connectivity index (χ2v) is 4.65. The summed E-state index contributed by atoms with van der Waals surface area (Å²) in [6.07, 6.45) is 0. The smallest absolute Gasteiger partial charge is 0.119 e. The Morgan fingerprint density at radius 2 is 1.76 bits per heavy atom. The lowest BCUT2D eigenvalue weighted by Crippen LogP contribution is -1.98. The van der Waals surface area contributed by atoms with Gasteiger partial charge in [0.2, 0.25) is 0 Å². The van der Waals surface area contributed by atoms with Gasteiger partial charge in [-0.05, 0) is 35.4 Å². The number of hydrogen-bond donors (Lipinski definition) is 0. The fourth-order valence-electron chi connectivity index (χ4n) is 1.54. The molecule has 0 radical (unpaired) electrons.